The highest BCUT2D eigenvalue weighted by atomic mass is 16.2. The fraction of sp³-hybridized carbons (Fsp3) is 0.188. The number of fused-ring (bicyclic) bond motifs is 1. The number of aryl methyl sites for hydroxylation is 2. The summed E-state index contributed by atoms with van der Waals surface area (Å²) in [5, 5.41) is 2.16. The molecule has 1 aromatic carbocycles. The highest BCUT2D eigenvalue weighted by Gasteiger charge is 2.32. The normalized spacial score (nSPS) is 13.2. The van der Waals surface area contributed by atoms with E-state index in [9.17, 15) is 14.4 Å². The number of hydrogen-bond acceptors (Lipinski definition) is 4. The summed E-state index contributed by atoms with van der Waals surface area (Å²) >= 11 is 0. The zero-order chi connectivity index (χ0) is 16.0. The number of carbonyl (C=O) groups is 2. The van der Waals surface area contributed by atoms with Gasteiger partial charge in [0.2, 0.25) is 0 Å². The number of imide groups is 1. The van der Waals surface area contributed by atoms with Gasteiger partial charge >= 0.3 is 0 Å². The number of para-hydroxylation sites is 1. The maximum atomic E-state index is 12.5. The van der Waals surface area contributed by atoms with E-state index < -0.39 is 17.4 Å². The summed E-state index contributed by atoms with van der Waals surface area (Å²) in [5.74, 6) is -1.16. The molecule has 1 aromatic heterocycles. The first-order valence-electron chi connectivity index (χ1n) is 6.95. The number of pyridine rings is 1. The van der Waals surface area contributed by atoms with Crippen LogP contribution in [0.15, 0.2) is 29.1 Å². The SMILES string of the molecule is CCc1cccc(C)c1-n1c(N)c2c(cc1=O)C(=O)NC2=O. The summed E-state index contributed by atoms with van der Waals surface area (Å²) < 4.78 is 1.31. The van der Waals surface area contributed by atoms with Crippen LogP contribution in [0.3, 0.4) is 0 Å². The van der Waals surface area contributed by atoms with E-state index in [4.69, 9.17) is 5.73 Å². The Morgan fingerprint density at radius 1 is 1.18 bits per heavy atom. The fourth-order valence-corrected chi connectivity index (χ4v) is 2.83. The van der Waals surface area contributed by atoms with Gasteiger partial charge in [0, 0.05) is 6.07 Å². The van der Waals surface area contributed by atoms with Crippen LogP contribution in [0.5, 0.6) is 0 Å². The molecule has 3 N–H and O–H groups in total. The highest BCUT2D eigenvalue weighted by molar-refractivity contribution is 6.23. The Balaban J connectivity index is 2.41. The predicted molar refractivity (Wildman–Crippen MR) is 82.4 cm³/mol. The van der Waals surface area contributed by atoms with Crippen molar-refractivity contribution >= 4 is 17.6 Å². The van der Waals surface area contributed by atoms with Crippen molar-refractivity contribution in [2.24, 2.45) is 0 Å². The number of nitrogen functional groups attached to an aromatic ring is 1. The second-order valence-electron chi connectivity index (χ2n) is 5.21. The minimum absolute atomic E-state index is 0.00477. The monoisotopic (exact) mass is 297 g/mol. The second-order valence-corrected chi connectivity index (χ2v) is 5.21. The number of nitrogens with zero attached hydrogens (tertiary/aromatic N) is 1. The van der Waals surface area contributed by atoms with Crippen molar-refractivity contribution in [1.29, 1.82) is 0 Å². The van der Waals surface area contributed by atoms with Crippen molar-refractivity contribution in [3.8, 4) is 5.69 Å². The van der Waals surface area contributed by atoms with Gasteiger partial charge in [-0.1, -0.05) is 25.1 Å². The maximum Gasteiger partial charge on any atom is 0.262 e. The van der Waals surface area contributed by atoms with E-state index in [0.29, 0.717) is 12.1 Å². The molecule has 2 aromatic rings. The Morgan fingerprint density at radius 2 is 1.91 bits per heavy atom. The van der Waals surface area contributed by atoms with Crippen molar-refractivity contribution in [2.75, 3.05) is 5.73 Å². The van der Waals surface area contributed by atoms with E-state index in [0.717, 1.165) is 17.2 Å². The van der Waals surface area contributed by atoms with E-state index in [2.05, 4.69) is 5.32 Å². The van der Waals surface area contributed by atoms with Gasteiger partial charge < -0.3 is 5.73 Å². The second kappa shape index (κ2) is 4.84. The molecular weight excluding hydrogens is 282 g/mol. The topological polar surface area (TPSA) is 94.2 Å². The van der Waals surface area contributed by atoms with E-state index in [-0.39, 0.29) is 16.9 Å². The van der Waals surface area contributed by atoms with Gasteiger partial charge in [-0.3, -0.25) is 24.3 Å². The molecule has 0 saturated carbocycles. The van der Waals surface area contributed by atoms with E-state index in [1.807, 2.05) is 32.0 Å². The van der Waals surface area contributed by atoms with Gasteiger partial charge in [-0.15, -0.1) is 0 Å². The summed E-state index contributed by atoms with van der Waals surface area (Å²) in [6, 6.07) is 6.85. The Morgan fingerprint density at radius 3 is 2.59 bits per heavy atom. The van der Waals surface area contributed by atoms with Crippen LogP contribution in [0, 0.1) is 6.92 Å². The lowest BCUT2D eigenvalue weighted by molar-refractivity contribution is 0.0880. The molecule has 1 aliphatic rings. The van der Waals surface area contributed by atoms with Crippen LogP contribution < -0.4 is 16.6 Å². The quantitative estimate of drug-likeness (QED) is 0.814. The minimum Gasteiger partial charge on any atom is -0.384 e. The molecule has 0 unspecified atom stereocenters. The third kappa shape index (κ3) is 1.84. The molecule has 0 spiro atoms. The van der Waals surface area contributed by atoms with Crippen molar-refractivity contribution in [3.63, 3.8) is 0 Å². The molecule has 22 heavy (non-hydrogen) atoms. The summed E-state index contributed by atoms with van der Waals surface area (Å²) in [6.07, 6.45) is 0.713. The van der Waals surface area contributed by atoms with Crippen LogP contribution in [0.4, 0.5) is 5.82 Å². The fourth-order valence-electron chi connectivity index (χ4n) is 2.83. The van der Waals surface area contributed by atoms with Crippen LogP contribution in [-0.2, 0) is 6.42 Å². The van der Waals surface area contributed by atoms with Gasteiger partial charge in [-0.2, -0.15) is 0 Å². The highest BCUT2D eigenvalue weighted by Crippen LogP contribution is 2.26. The summed E-state index contributed by atoms with van der Waals surface area (Å²) in [5.41, 5.74) is 8.22. The average Bonchev–Trinajstić information content (AvgIpc) is 2.75. The first-order chi connectivity index (χ1) is 10.5. The number of benzene rings is 1. The lowest BCUT2D eigenvalue weighted by atomic mass is 10.0. The molecule has 6 nitrogen and oxygen atoms in total. The molecule has 6 heteroatoms. The number of amides is 2. The molecule has 2 heterocycles. The van der Waals surface area contributed by atoms with Crippen LogP contribution in [-0.4, -0.2) is 16.4 Å². The predicted octanol–water partition coefficient (Wildman–Crippen LogP) is 1.17. The van der Waals surface area contributed by atoms with Crippen molar-refractivity contribution in [1.82, 2.24) is 9.88 Å². The zero-order valence-electron chi connectivity index (χ0n) is 12.3. The Labute approximate surface area is 126 Å². The Bertz CT molecular complexity index is 881. The minimum atomic E-state index is -0.587. The molecule has 0 saturated heterocycles. The smallest absolute Gasteiger partial charge is 0.262 e. The van der Waals surface area contributed by atoms with E-state index in [1.165, 1.54) is 4.57 Å². The molecule has 3 rings (SSSR count). The van der Waals surface area contributed by atoms with Crippen molar-refractivity contribution in [3.05, 3.63) is 56.9 Å². The third-order valence-corrected chi connectivity index (χ3v) is 3.88. The molecule has 1 aliphatic heterocycles. The van der Waals surface area contributed by atoms with Gasteiger partial charge in [0.05, 0.1) is 16.8 Å². The molecule has 0 fully saturated rings. The summed E-state index contributed by atoms with van der Waals surface area (Å²) in [7, 11) is 0. The lowest BCUT2D eigenvalue weighted by Gasteiger charge is -2.17. The molecule has 2 amide bonds. The summed E-state index contributed by atoms with van der Waals surface area (Å²) in [6.45, 7) is 3.85. The van der Waals surface area contributed by atoms with Gasteiger partial charge in [0.15, 0.2) is 0 Å². The van der Waals surface area contributed by atoms with E-state index in [1.54, 1.807) is 0 Å². The van der Waals surface area contributed by atoms with Crippen molar-refractivity contribution in [2.45, 2.75) is 20.3 Å². The Kier molecular flexibility index (Phi) is 3.09. The molecular formula is C16H15N3O3. The van der Waals surface area contributed by atoms with Gasteiger partial charge in [0.25, 0.3) is 17.4 Å². The van der Waals surface area contributed by atoms with Crippen molar-refractivity contribution < 1.29 is 9.59 Å². The van der Waals surface area contributed by atoms with Gasteiger partial charge in [0.1, 0.15) is 5.82 Å². The summed E-state index contributed by atoms with van der Waals surface area (Å²) in [4.78, 5) is 36.1. The first kappa shape index (κ1) is 14.1. The third-order valence-electron chi connectivity index (χ3n) is 3.88. The van der Waals surface area contributed by atoms with E-state index >= 15 is 0 Å². The molecule has 0 radical (unpaired) electrons. The van der Waals surface area contributed by atoms with Crippen LogP contribution in [0.1, 0.15) is 38.8 Å². The number of anilines is 1. The first-order valence-corrected chi connectivity index (χ1v) is 6.95. The number of hydrogen-bond donors (Lipinski definition) is 2. The molecule has 112 valence electrons. The van der Waals surface area contributed by atoms with Crippen LogP contribution in [0.25, 0.3) is 5.69 Å². The number of nitrogens with two attached hydrogens (primary N) is 1. The zero-order valence-corrected chi connectivity index (χ0v) is 12.3. The molecule has 0 aliphatic carbocycles. The Hall–Kier alpha value is -2.89. The number of nitrogens with one attached hydrogen (secondary N) is 1. The largest absolute Gasteiger partial charge is 0.384 e. The standard InChI is InChI=1S/C16H15N3O3/c1-3-9-6-4-5-8(2)13(9)19-11(20)7-10-12(14(19)17)16(22)18-15(10)21/h4-7H,3,17H2,1-2H3,(H,18,21,22). The maximum absolute atomic E-state index is 12.5. The number of carbonyl (C=O) groups excluding carboxylic acids is 2. The average molecular weight is 297 g/mol. The molecule has 0 bridgehead atoms. The lowest BCUT2D eigenvalue weighted by Crippen LogP contribution is -2.25. The van der Waals surface area contributed by atoms with Crippen LogP contribution in [0.2, 0.25) is 0 Å². The molecule has 0 atom stereocenters. The number of aromatic nitrogens is 1. The van der Waals surface area contributed by atoms with Gasteiger partial charge in [-0.25, -0.2) is 0 Å². The van der Waals surface area contributed by atoms with Crippen LogP contribution >= 0.6 is 0 Å². The number of rotatable bonds is 2. The van der Waals surface area contributed by atoms with Gasteiger partial charge in [-0.05, 0) is 24.5 Å².